The van der Waals surface area contributed by atoms with Gasteiger partial charge in [0.05, 0.1) is 5.69 Å². The van der Waals surface area contributed by atoms with Gasteiger partial charge >= 0.3 is 0 Å². The van der Waals surface area contributed by atoms with E-state index in [1.54, 1.807) is 11.3 Å². The number of hydrogen-bond donors (Lipinski definition) is 1. The SMILES string of the molecule is Cc1ccc(CNCc2cn3ccsc3n2)cc1. The second-order valence-electron chi connectivity index (χ2n) is 4.41. The average Bonchev–Trinajstić information content (AvgIpc) is 2.92. The molecule has 0 radical (unpaired) electrons. The lowest BCUT2D eigenvalue weighted by atomic mass is 10.1. The highest BCUT2D eigenvalue weighted by Crippen LogP contribution is 2.11. The van der Waals surface area contributed by atoms with Gasteiger partial charge in [0.2, 0.25) is 0 Å². The van der Waals surface area contributed by atoms with Crippen molar-refractivity contribution < 1.29 is 0 Å². The number of benzene rings is 1. The molecule has 4 heteroatoms. The summed E-state index contributed by atoms with van der Waals surface area (Å²) in [6, 6.07) is 8.61. The molecule has 3 nitrogen and oxygen atoms in total. The molecule has 0 unspecified atom stereocenters. The van der Waals surface area contributed by atoms with Crippen LogP contribution >= 0.6 is 11.3 Å². The van der Waals surface area contributed by atoms with Crippen LogP contribution in [0.25, 0.3) is 4.96 Å². The molecule has 0 bridgehead atoms. The Morgan fingerprint density at radius 2 is 2.06 bits per heavy atom. The number of rotatable bonds is 4. The molecule has 0 aliphatic rings. The van der Waals surface area contributed by atoms with Gasteiger partial charge in [0.15, 0.2) is 4.96 Å². The van der Waals surface area contributed by atoms with Gasteiger partial charge in [0.1, 0.15) is 0 Å². The maximum Gasteiger partial charge on any atom is 0.193 e. The van der Waals surface area contributed by atoms with E-state index >= 15 is 0 Å². The fourth-order valence-electron chi connectivity index (χ4n) is 1.90. The summed E-state index contributed by atoms with van der Waals surface area (Å²) < 4.78 is 2.06. The molecule has 0 aliphatic carbocycles. The Morgan fingerprint density at radius 1 is 1.22 bits per heavy atom. The Morgan fingerprint density at radius 3 is 2.83 bits per heavy atom. The highest BCUT2D eigenvalue weighted by molar-refractivity contribution is 7.15. The minimum atomic E-state index is 0.808. The zero-order chi connectivity index (χ0) is 12.4. The quantitative estimate of drug-likeness (QED) is 0.778. The van der Waals surface area contributed by atoms with Crippen LogP contribution in [0, 0.1) is 6.92 Å². The standard InChI is InChI=1S/C14H15N3S/c1-11-2-4-12(5-3-11)8-15-9-13-10-17-6-7-18-14(17)16-13/h2-7,10,15H,8-9H2,1H3. The molecule has 1 N–H and O–H groups in total. The minimum Gasteiger partial charge on any atom is -0.307 e. The Labute approximate surface area is 110 Å². The number of hydrogen-bond acceptors (Lipinski definition) is 3. The third kappa shape index (κ3) is 2.44. The Balaban J connectivity index is 1.58. The molecular formula is C14H15N3S. The maximum atomic E-state index is 4.54. The highest BCUT2D eigenvalue weighted by atomic mass is 32.1. The molecule has 0 saturated heterocycles. The van der Waals surface area contributed by atoms with Crippen molar-refractivity contribution in [2.75, 3.05) is 0 Å². The second-order valence-corrected chi connectivity index (χ2v) is 5.29. The molecule has 0 fully saturated rings. The fraction of sp³-hybridized carbons (Fsp3) is 0.214. The van der Waals surface area contributed by atoms with Crippen LogP contribution in [0.3, 0.4) is 0 Å². The minimum absolute atomic E-state index is 0.808. The summed E-state index contributed by atoms with van der Waals surface area (Å²) in [5, 5.41) is 5.46. The maximum absolute atomic E-state index is 4.54. The zero-order valence-electron chi connectivity index (χ0n) is 10.3. The van der Waals surface area contributed by atoms with Crippen molar-refractivity contribution in [2.24, 2.45) is 0 Å². The Bertz CT molecular complexity index is 608. The predicted molar refractivity (Wildman–Crippen MR) is 74.8 cm³/mol. The third-order valence-electron chi connectivity index (χ3n) is 2.90. The fourth-order valence-corrected chi connectivity index (χ4v) is 2.62. The van der Waals surface area contributed by atoms with Crippen molar-refractivity contribution >= 4 is 16.3 Å². The van der Waals surface area contributed by atoms with Crippen LogP contribution in [0.15, 0.2) is 42.0 Å². The van der Waals surface area contributed by atoms with Crippen LogP contribution < -0.4 is 5.32 Å². The first-order valence-corrected chi connectivity index (χ1v) is 6.86. The molecule has 18 heavy (non-hydrogen) atoms. The van der Waals surface area contributed by atoms with Crippen molar-refractivity contribution in [3.63, 3.8) is 0 Å². The van der Waals surface area contributed by atoms with Gasteiger partial charge in [-0.05, 0) is 12.5 Å². The highest BCUT2D eigenvalue weighted by Gasteiger charge is 2.01. The normalized spacial score (nSPS) is 11.2. The number of nitrogens with zero attached hydrogens (tertiary/aromatic N) is 2. The summed E-state index contributed by atoms with van der Waals surface area (Å²) >= 11 is 1.66. The number of thiazole rings is 1. The van der Waals surface area contributed by atoms with Crippen molar-refractivity contribution in [1.29, 1.82) is 0 Å². The van der Waals surface area contributed by atoms with E-state index in [0.29, 0.717) is 0 Å². The molecule has 0 saturated carbocycles. The molecule has 0 spiro atoms. The van der Waals surface area contributed by atoms with E-state index in [0.717, 1.165) is 23.7 Å². The van der Waals surface area contributed by atoms with Crippen LogP contribution in [-0.4, -0.2) is 9.38 Å². The van der Waals surface area contributed by atoms with Gasteiger partial charge in [-0.15, -0.1) is 11.3 Å². The number of fused-ring (bicyclic) bond motifs is 1. The van der Waals surface area contributed by atoms with Gasteiger partial charge in [-0.1, -0.05) is 29.8 Å². The molecule has 0 aliphatic heterocycles. The molecule has 3 rings (SSSR count). The largest absolute Gasteiger partial charge is 0.307 e. The molecule has 2 aromatic heterocycles. The Kier molecular flexibility index (Phi) is 3.13. The first-order chi connectivity index (χ1) is 8.81. The van der Waals surface area contributed by atoms with E-state index in [-0.39, 0.29) is 0 Å². The van der Waals surface area contributed by atoms with Gasteiger partial charge in [-0.3, -0.25) is 4.40 Å². The second kappa shape index (κ2) is 4.92. The lowest BCUT2D eigenvalue weighted by molar-refractivity contribution is 0.683. The van der Waals surface area contributed by atoms with Crippen molar-refractivity contribution in [3.8, 4) is 0 Å². The number of nitrogens with one attached hydrogen (secondary N) is 1. The zero-order valence-corrected chi connectivity index (χ0v) is 11.1. The molecule has 1 aromatic carbocycles. The van der Waals surface area contributed by atoms with Gasteiger partial charge in [0.25, 0.3) is 0 Å². The summed E-state index contributed by atoms with van der Waals surface area (Å²) in [7, 11) is 0. The van der Waals surface area contributed by atoms with Crippen LogP contribution in [0.1, 0.15) is 16.8 Å². The summed E-state index contributed by atoms with van der Waals surface area (Å²) in [6.07, 6.45) is 4.12. The van der Waals surface area contributed by atoms with E-state index in [9.17, 15) is 0 Å². The van der Waals surface area contributed by atoms with E-state index in [1.165, 1.54) is 11.1 Å². The number of imidazole rings is 1. The van der Waals surface area contributed by atoms with Crippen LogP contribution in [0.5, 0.6) is 0 Å². The summed E-state index contributed by atoms with van der Waals surface area (Å²) in [4.78, 5) is 5.59. The summed E-state index contributed by atoms with van der Waals surface area (Å²) in [5.41, 5.74) is 3.70. The smallest absolute Gasteiger partial charge is 0.193 e. The first kappa shape index (κ1) is 11.4. The summed E-state index contributed by atoms with van der Waals surface area (Å²) in [6.45, 7) is 3.79. The topological polar surface area (TPSA) is 29.3 Å². The third-order valence-corrected chi connectivity index (χ3v) is 3.67. The summed E-state index contributed by atoms with van der Waals surface area (Å²) in [5.74, 6) is 0. The monoisotopic (exact) mass is 257 g/mol. The Hall–Kier alpha value is -1.65. The number of aryl methyl sites for hydroxylation is 1. The van der Waals surface area contributed by atoms with Crippen molar-refractivity contribution in [1.82, 2.24) is 14.7 Å². The van der Waals surface area contributed by atoms with Crippen LogP contribution in [0.4, 0.5) is 0 Å². The predicted octanol–water partition coefficient (Wildman–Crippen LogP) is 2.99. The van der Waals surface area contributed by atoms with Gasteiger partial charge in [-0.25, -0.2) is 4.98 Å². The first-order valence-electron chi connectivity index (χ1n) is 5.98. The average molecular weight is 257 g/mol. The molecule has 0 atom stereocenters. The lowest BCUT2D eigenvalue weighted by Gasteiger charge is -2.03. The molecule has 92 valence electrons. The van der Waals surface area contributed by atoms with Crippen molar-refractivity contribution in [2.45, 2.75) is 20.0 Å². The molecule has 3 aromatic rings. The van der Waals surface area contributed by atoms with Gasteiger partial charge in [-0.2, -0.15) is 0 Å². The van der Waals surface area contributed by atoms with Crippen LogP contribution in [-0.2, 0) is 13.1 Å². The van der Waals surface area contributed by atoms with E-state index in [2.05, 4.69) is 52.1 Å². The molecule has 0 amide bonds. The van der Waals surface area contributed by atoms with Gasteiger partial charge < -0.3 is 5.32 Å². The van der Waals surface area contributed by atoms with E-state index < -0.39 is 0 Å². The van der Waals surface area contributed by atoms with E-state index in [1.807, 2.05) is 11.6 Å². The molecular weight excluding hydrogens is 242 g/mol. The van der Waals surface area contributed by atoms with E-state index in [4.69, 9.17) is 0 Å². The lowest BCUT2D eigenvalue weighted by Crippen LogP contribution is -2.12. The van der Waals surface area contributed by atoms with Crippen molar-refractivity contribution in [3.05, 3.63) is 58.9 Å². The van der Waals surface area contributed by atoms with Crippen LogP contribution in [0.2, 0.25) is 0 Å². The number of aromatic nitrogens is 2. The molecule has 2 heterocycles. The van der Waals surface area contributed by atoms with Gasteiger partial charge in [0, 0.05) is 30.9 Å².